The van der Waals surface area contributed by atoms with E-state index < -0.39 is 6.10 Å². The molecule has 2 rings (SSSR count). The van der Waals surface area contributed by atoms with Crippen LogP contribution in [-0.4, -0.2) is 30.9 Å². The number of rotatable bonds is 8. The molecule has 0 saturated heterocycles. The molecule has 1 atom stereocenters. The molecular formula is C17H20Cl2N2O2. The van der Waals surface area contributed by atoms with E-state index in [2.05, 4.69) is 5.32 Å². The van der Waals surface area contributed by atoms with Crippen LogP contribution in [0.2, 0.25) is 10.0 Å². The van der Waals surface area contributed by atoms with Gasteiger partial charge in [0.05, 0.1) is 10.0 Å². The Balaban J connectivity index is 1.63. The minimum absolute atomic E-state index is 0.226. The zero-order valence-electron chi connectivity index (χ0n) is 12.6. The van der Waals surface area contributed by atoms with Crippen molar-refractivity contribution in [3.05, 3.63) is 58.1 Å². The molecule has 4 N–H and O–H groups in total. The van der Waals surface area contributed by atoms with E-state index in [0.29, 0.717) is 28.0 Å². The fourth-order valence-corrected chi connectivity index (χ4v) is 2.33. The summed E-state index contributed by atoms with van der Waals surface area (Å²) in [5, 5.41) is 14.2. The summed E-state index contributed by atoms with van der Waals surface area (Å²) in [6, 6.07) is 12.7. The van der Waals surface area contributed by atoms with Crippen LogP contribution in [0.4, 0.5) is 5.69 Å². The number of nitrogen functional groups attached to an aromatic ring is 1. The van der Waals surface area contributed by atoms with Gasteiger partial charge in [-0.05, 0) is 54.9 Å². The third-order valence-corrected chi connectivity index (χ3v) is 4.02. The maximum absolute atomic E-state index is 9.89. The zero-order chi connectivity index (χ0) is 16.7. The minimum atomic E-state index is -0.582. The molecule has 23 heavy (non-hydrogen) atoms. The Kier molecular flexibility index (Phi) is 6.99. The van der Waals surface area contributed by atoms with Gasteiger partial charge in [0.25, 0.3) is 0 Å². The summed E-state index contributed by atoms with van der Waals surface area (Å²) >= 11 is 11.8. The zero-order valence-corrected chi connectivity index (χ0v) is 14.1. The molecular weight excluding hydrogens is 335 g/mol. The highest BCUT2D eigenvalue weighted by Crippen LogP contribution is 2.22. The minimum Gasteiger partial charge on any atom is -0.491 e. The first-order valence-electron chi connectivity index (χ1n) is 7.35. The van der Waals surface area contributed by atoms with Crippen molar-refractivity contribution in [2.24, 2.45) is 0 Å². The molecule has 0 spiro atoms. The first-order chi connectivity index (χ1) is 11.0. The first kappa shape index (κ1) is 17.9. The number of aliphatic hydroxyl groups is 1. The van der Waals surface area contributed by atoms with E-state index >= 15 is 0 Å². The third-order valence-electron chi connectivity index (χ3n) is 3.28. The lowest BCUT2D eigenvalue weighted by Gasteiger charge is -2.13. The van der Waals surface area contributed by atoms with Gasteiger partial charge in [0.1, 0.15) is 18.5 Å². The van der Waals surface area contributed by atoms with Gasteiger partial charge in [-0.3, -0.25) is 0 Å². The number of aliphatic hydroxyl groups excluding tert-OH is 1. The smallest absolute Gasteiger partial charge is 0.119 e. The van der Waals surface area contributed by atoms with Crippen molar-refractivity contribution >= 4 is 28.9 Å². The topological polar surface area (TPSA) is 67.5 Å². The van der Waals surface area contributed by atoms with Gasteiger partial charge in [-0.2, -0.15) is 0 Å². The molecule has 0 unspecified atom stereocenters. The number of nitrogens with two attached hydrogens (primary N) is 1. The van der Waals surface area contributed by atoms with E-state index in [-0.39, 0.29) is 6.61 Å². The predicted molar refractivity (Wildman–Crippen MR) is 95.4 cm³/mol. The summed E-state index contributed by atoms with van der Waals surface area (Å²) in [6.07, 6.45) is 0.226. The van der Waals surface area contributed by atoms with Crippen molar-refractivity contribution in [1.82, 2.24) is 5.32 Å². The largest absolute Gasteiger partial charge is 0.491 e. The average Bonchev–Trinajstić information content (AvgIpc) is 2.54. The fourth-order valence-electron chi connectivity index (χ4n) is 2.01. The molecule has 0 aliphatic carbocycles. The van der Waals surface area contributed by atoms with Gasteiger partial charge in [0.2, 0.25) is 0 Å². The molecule has 0 radical (unpaired) electrons. The van der Waals surface area contributed by atoms with E-state index in [0.717, 1.165) is 18.5 Å². The van der Waals surface area contributed by atoms with Crippen LogP contribution in [0, 0.1) is 0 Å². The molecule has 2 aromatic rings. The number of ether oxygens (including phenoxy) is 1. The molecule has 0 aromatic heterocycles. The van der Waals surface area contributed by atoms with Crippen molar-refractivity contribution < 1.29 is 9.84 Å². The quantitative estimate of drug-likeness (QED) is 0.503. The molecule has 0 heterocycles. The Hall–Kier alpha value is -1.46. The summed E-state index contributed by atoms with van der Waals surface area (Å²) in [6.45, 7) is 1.41. The SMILES string of the molecule is Nc1ccc(OC[C@@H](O)CNCCc2ccc(Cl)c(Cl)c2)cc1. The number of anilines is 1. The molecule has 2 aromatic carbocycles. The Labute approximate surface area is 146 Å². The summed E-state index contributed by atoms with van der Waals surface area (Å²) in [5.74, 6) is 0.689. The average molecular weight is 355 g/mol. The Bertz CT molecular complexity index is 620. The lowest BCUT2D eigenvalue weighted by atomic mass is 10.1. The number of benzene rings is 2. The summed E-state index contributed by atoms with van der Waals surface area (Å²) in [4.78, 5) is 0. The second-order valence-corrected chi connectivity index (χ2v) is 6.05. The molecule has 6 heteroatoms. The second-order valence-electron chi connectivity index (χ2n) is 5.24. The molecule has 0 bridgehead atoms. The molecule has 0 amide bonds. The van der Waals surface area contributed by atoms with Crippen LogP contribution in [-0.2, 0) is 6.42 Å². The molecule has 0 aliphatic heterocycles. The first-order valence-corrected chi connectivity index (χ1v) is 8.11. The maximum atomic E-state index is 9.89. The third kappa shape index (κ3) is 6.28. The lowest BCUT2D eigenvalue weighted by Crippen LogP contribution is -2.32. The normalized spacial score (nSPS) is 12.1. The van der Waals surface area contributed by atoms with Gasteiger partial charge in [0.15, 0.2) is 0 Å². The Morgan fingerprint density at radius 2 is 1.83 bits per heavy atom. The fraction of sp³-hybridized carbons (Fsp3) is 0.294. The summed E-state index contributed by atoms with van der Waals surface area (Å²) < 4.78 is 5.49. The second kappa shape index (κ2) is 8.99. The van der Waals surface area contributed by atoms with E-state index in [4.69, 9.17) is 33.7 Å². The molecule has 0 aliphatic rings. The Morgan fingerprint density at radius 1 is 1.09 bits per heavy atom. The van der Waals surface area contributed by atoms with Gasteiger partial charge < -0.3 is 20.9 Å². The van der Waals surface area contributed by atoms with Gasteiger partial charge >= 0.3 is 0 Å². The van der Waals surface area contributed by atoms with Gasteiger partial charge in [-0.15, -0.1) is 0 Å². The highest BCUT2D eigenvalue weighted by molar-refractivity contribution is 6.42. The molecule has 4 nitrogen and oxygen atoms in total. The van der Waals surface area contributed by atoms with Crippen molar-refractivity contribution in [3.63, 3.8) is 0 Å². The van der Waals surface area contributed by atoms with Gasteiger partial charge in [-0.25, -0.2) is 0 Å². The summed E-state index contributed by atoms with van der Waals surface area (Å²) in [7, 11) is 0. The Morgan fingerprint density at radius 3 is 2.52 bits per heavy atom. The highest BCUT2D eigenvalue weighted by atomic mass is 35.5. The van der Waals surface area contributed by atoms with Crippen LogP contribution in [0.15, 0.2) is 42.5 Å². The lowest BCUT2D eigenvalue weighted by molar-refractivity contribution is 0.106. The van der Waals surface area contributed by atoms with Gasteiger partial charge in [-0.1, -0.05) is 29.3 Å². The molecule has 0 fully saturated rings. The van der Waals surface area contributed by atoms with Crippen molar-refractivity contribution in [1.29, 1.82) is 0 Å². The molecule has 0 saturated carbocycles. The van der Waals surface area contributed by atoms with Crippen molar-refractivity contribution in [2.45, 2.75) is 12.5 Å². The van der Waals surface area contributed by atoms with Crippen LogP contribution in [0.25, 0.3) is 0 Å². The number of nitrogens with one attached hydrogen (secondary N) is 1. The van der Waals surface area contributed by atoms with Crippen LogP contribution in [0.3, 0.4) is 0 Å². The van der Waals surface area contributed by atoms with E-state index in [1.165, 1.54) is 0 Å². The molecule has 124 valence electrons. The van der Waals surface area contributed by atoms with E-state index in [9.17, 15) is 5.11 Å². The highest BCUT2D eigenvalue weighted by Gasteiger charge is 2.05. The van der Waals surface area contributed by atoms with Crippen molar-refractivity contribution in [2.75, 3.05) is 25.4 Å². The predicted octanol–water partition coefficient (Wildman–Crippen LogP) is 3.15. The number of halogens is 2. The van der Waals surface area contributed by atoms with E-state index in [1.807, 2.05) is 12.1 Å². The van der Waals surface area contributed by atoms with Crippen LogP contribution in [0.1, 0.15) is 5.56 Å². The monoisotopic (exact) mass is 354 g/mol. The standard InChI is InChI=1S/C17H20Cl2N2O2/c18-16-6-1-12(9-17(16)19)7-8-21-10-14(22)11-23-15-4-2-13(20)3-5-15/h1-6,9,14,21-22H,7-8,10-11,20H2/t14-/m0/s1. The summed E-state index contributed by atoms with van der Waals surface area (Å²) in [5.41, 5.74) is 7.38. The van der Waals surface area contributed by atoms with Crippen LogP contribution < -0.4 is 15.8 Å². The van der Waals surface area contributed by atoms with E-state index in [1.54, 1.807) is 30.3 Å². The van der Waals surface area contributed by atoms with Crippen LogP contribution in [0.5, 0.6) is 5.75 Å². The number of hydrogen-bond donors (Lipinski definition) is 3. The van der Waals surface area contributed by atoms with Crippen LogP contribution >= 0.6 is 23.2 Å². The van der Waals surface area contributed by atoms with Crippen molar-refractivity contribution in [3.8, 4) is 5.75 Å². The maximum Gasteiger partial charge on any atom is 0.119 e. The van der Waals surface area contributed by atoms with Gasteiger partial charge in [0, 0.05) is 12.2 Å². The number of hydrogen-bond acceptors (Lipinski definition) is 4.